The number of hydrogen-bond acceptors (Lipinski definition) is 5. The van der Waals surface area contributed by atoms with E-state index in [9.17, 15) is 9.59 Å². The molecule has 8 heteroatoms. The van der Waals surface area contributed by atoms with Crippen molar-refractivity contribution < 1.29 is 14.7 Å². The largest absolute Gasteiger partial charge is 0.481 e. The first-order chi connectivity index (χ1) is 13.1. The summed E-state index contributed by atoms with van der Waals surface area (Å²) in [6.45, 7) is 0. The second-order valence-electron chi connectivity index (χ2n) is 7.44. The lowest BCUT2D eigenvalue weighted by atomic mass is 9.92. The van der Waals surface area contributed by atoms with Crippen molar-refractivity contribution in [2.24, 2.45) is 0 Å². The summed E-state index contributed by atoms with van der Waals surface area (Å²) < 4.78 is 0.811. The molecule has 150 valence electrons. The highest BCUT2D eigenvalue weighted by Crippen LogP contribution is 2.32. The zero-order chi connectivity index (χ0) is 19.1. The molecule has 2 saturated carbocycles. The number of carbonyl (C=O) groups is 2. The molecule has 27 heavy (non-hydrogen) atoms. The van der Waals surface area contributed by atoms with Gasteiger partial charge in [-0.1, -0.05) is 56.3 Å². The van der Waals surface area contributed by atoms with Gasteiger partial charge in [-0.15, -0.1) is 11.8 Å². The second-order valence-corrected chi connectivity index (χ2v) is 9.75. The van der Waals surface area contributed by atoms with Crippen LogP contribution in [0.1, 0.15) is 70.6 Å². The van der Waals surface area contributed by atoms with Crippen LogP contribution in [-0.2, 0) is 4.79 Å². The van der Waals surface area contributed by atoms with Crippen LogP contribution in [0.3, 0.4) is 0 Å². The van der Waals surface area contributed by atoms with Crippen molar-refractivity contribution in [1.82, 2.24) is 9.88 Å². The first-order valence-corrected chi connectivity index (χ1v) is 11.8. The first kappa shape index (κ1) is 20.5. The van der Waals surface area contributed by atoms with Gasteiger partial charge in [0.25, 0.3) is 0 Å². The molecular formula is C19H29N3O3S2. The average Bonchev–Trinajstić information content (AvgIpc) is 2.93. The van der Waals surface area contributed by atoms with Gasteiger partial charge in [0.15, 0.2) is 5.13 Å². The Hall–Kier alpha value is -1.28. The molecule has 0 saturated heterocycles. The zero-order valence-corrected chi connectivity index (χ0v) is 17.3. The number of amides is 2. The van der Waals surface area contributed by atoms with Gasteiger partial charge >= 0.3 is 12.0 Å². The Morgan fingerprint density at radius 2 is 1.63 bits per heavy atom. The number of nitrogens with zero attached hydrogens (tertiary/aromatic N) is 2. The van der Waals surface area contributed by atoms with Gasteiger partial charge in [0.05, 0.1) is 16.2 Å². The van der Waals surface area contributed by atoms with E-state index in [0.29, 0.717) is 17.2 Å². The minimum absolute atomic E-state index is 0.00581. The van der Waals surface area contributed by atoms with Gasteiger partial charge in [0, 0.05) is 12.1 Å². The zero-order valence-electron chi connectivity index (χ0n) is 15.7. The van der Waals surface area contributed by atoms with Crippen LogP contribution in [-0.4, -0.2) is 44.8 Å². The van der Waals surface area contributed by atoms with Crippen LogP contribution in [0, 0.1) is 0 Å². The third kappa shape index (κ3) is 6.10. The number of carboxylic acid groups (broad SMARTS) is 1. The van der Waals surface area contributed by atoms with E-state index in [1.54, 1.807) is 6.20 Å². The number of anilines is 1. The molecule has 0 bridgehead atoms. The van der Waals surface area contributed by atoms with Crippen molar-refractivity contribution >= 4 is 40.2 Å². The summed E-state index contributed by atoms with van der Waals surface area (Å²) in [6, 6.07) is 0.636. The summed E-state index contributed by atoms with van der Waals surface area (Å²) in [7, 11) is 0. The summed E-state index contributed by atoms with van der Waals surface area (Å²) in [5.41, 5.74) is 0. The topological polar surface area (TPSA) is 82.5 Å². The fourth-order valence-corrected chi connectivity index (χ4v) is 5.78. The lowest BCUT2D eigenvalue weighted by molar-refractivity contribution is -0.133. The molecule has 1 aromatic heterocycles. The molecule has 1 aromatic rings. The monoisotopic (exact) mass is 411 g/mol. The van der Waals surface area contributed by atoms with E-state index >= 15 is 0 Å². The van der Waals surface area contributed by atoms with Crippen LogP contribution >= 0.6 is 23.1 Å². The number of aromatic nitrogens is 1. The number of thioether (sulfide) groups is 1. The number of urea groups is 1. The Kier molecular flexibility index (Phi) is 7.81. The maximum absolute atomic E-state index is 13.2. The van der Waals surface area contributed by atoms with Gasteiger partial charge < -0.3 is 10.0 Å². The predicted octanol–water partition coefficient (Wildman–Crippen LogP) is 5.21. The van der Waals surface area contributed by atoms with Gasteiger partial charge in [-0.2, -0.15) is 0 Å². The van der Waals surface area contributed by atoms with Crippen LogP contribution in [0.4, 0.5) is 9.93 Å². The van der Waals surface area contributed by atoms with Crippen molar-refractivity contribution in [3.05, 3.63) is 6.20 Å². The van der Waals surface area contributed by atoms with E-state index in [1.165, 1.54) is 68.0 Å². The number of hydrogen-bond donors (Lipinski definition) is 2. The van der Waals surface area contributed by atoms with Crippen LogP contribution in [0.5, 0.6) is 0 Å². The molecule has 2 amide bonds. The van der Waals surface area contributed by atoms with E-state index in [4.69, 9.17) is 5.11 Å². The van der Waals surface area contributed by atoms with Crippen molar-refractivity contribution in [2.75, 3.05) is 11.1 Å². The molecule has 6 nitrogen and oxygen atoms in total. The maximum Gasteiger partial charge on any atom is 0.324 e. The number of rotatable bonds is 6. The number of nitrogens with one attached hydrogen (secondary N) is 1. The van der Waals surface area contributed by atoms with Crippen LogP contribution in [0.2, 0.25) is 0 Å². The van der Waals surface area contributed by atoms with Crippen LogP contribution in [0.25, 0.3) is 0 Å². The van der Waals surface area contributed by atoms with Crippen molar-refractivity contribution in [2.45, 2.75) is 86.9 Å². The Balaban J connectivity index is 1.67. The highest BCUT2D eigenvalue weighted by Gasteiger charge is 2.32. The highest BCUT2D eigenvalue weighted by molar-refractivity contribution is 8.01. The third-order valence-electron chi connectivity index (χ3n) is 5.46. The Bertz CT molecular complexity index is 623. The molecule has 2 N–H and O–H groups in total. The molecular weight excluding hydrogens is 382 g/mol. The molecule has 0 aromatic carbocycles. The molecule has 0 aliphatic heterocycles. The molecule has 0 atom stereocenters. The quantitative estimate of drug-likeness (QED) is 0.496. The standard InChI is InChI=1S/C19H29N3O3S2/c23-16(24)13-26-17-12-20-18(27-17)21-19(25)22(15-10-6-3-7-11-15)14-8-4-1-2-5-9-14/h12,14-15H,1-11,13H2,(H,23,24)(H,20,21,25). The molecule has 0 spiro atoms. The summed E-state index contributed by atoms with van der Waals surface area (Å²) in [5, 5.41) is 12.4. The maximum atomic E-state index is 13.2. The summed E-state index contributed by atoms with van der Waals surface area (Å²) in [5.74, 6) is -0.845. The highest BCUT2D eigenvalue weighted by atomic mass is 32.2. The van der Waals surface area contributed by atoms with Gasteiger partial charge in [0.1, 0.15) is 0 Å². The molecule has 0 unspecified atom stereocenters. The van der Waals surface area contributed by atoms with E-state index in [2.05, 4.69) is 15.2 Å². The summed E-state index contributed by atoms with van der Waals surface area (Å²) >= 11 is 2.58. The van der Waals surface area contributed by atoms with Gasteiger partial charge in [-0.3, -0.25) is 10.1 Å². The van der Waals surface area contributed by atoms with Gasteiger partial charge in [-0.05, 0) is 25.7 Å². The van der Waals surface area contributed by atoms with Gasteiger partial charge in [0.2, 0.25) is 0 Å². The number of thiazole rings is 1. The Labute approximate surface area is 169 Å². The van der Waals surface area contributed by atoms with E-state index in [1.807, 2.05) is 0 Å². The fourth-order valence-electron chi connectivity index (χ4n) is 4.20. The SMILES string of the molecule is O=C(O)CSc1cnc(NC(=O)N(C2CCCCCC2)C2CCCCC2)s1. The lowest BCUT2D eigenvalue weighted by Crippen LogP contribution is -2.49. The minimum Gasteiger partial charge on any atom is -0.481 e. The lowest BCUT2D eigenvalue weighted by Gasteiger charge is -2.39. The second kappa shape index (κ2) is 10.3. The van der Waals surface area contributed by atoms with Crippen LogP contribution < -0.4 is 5.32 Å². The molecule has 2 aliphatic rings. The Morgan fingerprint density at radius 3 is 2.19 bits per heavy atom. The summed E-state index contributed by atoms with van der Waals surface area (Å²) in [4.78, 5) is 30.3. The molecule has 2 aliphatic carbocycles. The van der Waals surface area contributed by atoms with Gasteiger partial charge in [-0.25, -0.2) is 9.78 Å². The van der Waals surface area contributed by atoms with Crippen molar-refractivity contribution in [3.63, 3.8) is 0 Å². The van der Waals surface area contributed by atoms with Crippen molar-refractivity contribution in [1.29, 1.82) is 0 Å². The average molecular weight is 412 g/mol. The molecule has 0 radical (unpaired) electrons. The van der Waals surface area contributed by atoms with E-state index < -0.39 is 5.97 Å². The Morgan fingerprint density at radius 1 is 1.07 bits per heavy atom. The molecule has 3 rings (SSSR count). The third-order valence-corrected chi connectivity index (χ3v) is 7.55. The normalized spacial score (nSPS) is 19.4. The number of carbonyl (C=O) groups excluding carboxylic acids is 1. The smallest absolute Gasteiger partial charge is 0.324 e. The fraction of sp³-hybridized carbons (Fsp3) is 0.737. The molecule has 1 heterocycles. The first-order valence-electron chi connectivity index (χ1n) is 10.0. The number of carboxylic acids is 1. The van der Waals surface area contributed by atoms with Crippen molar-refractivity contribution in [3.8, 4) is 0 Å². The minimum atomic E-state index is -0.851. The predicted molar refractivity (Wildman–Crippen MR) is 110 cm³/mol. The van der Waals surface area contributed by atoms with Crippen LogP contribution in [0.15, 0.2) is 10.4 Å². The van der Waals surface area contributed by atoms with E-state index in [0.717, 1.165) is 29.9 Å². The molecule has 2 fully saturated rings. The van der Waals surface area contributed by atoms with E-state index in [-0.39, 0.29) is 11.8 Å². The summed E-state index contributed by atoms with van der Waals surface area (Å²) in [6.07, 6.45) is 14.7. The number of aliphatic carboxylic acids is 1.